The van der Waals surface area contributed by atoms with E-state index in [0.29, 0.717) is 17.3 Å². The van der Waals surface area contributed by atoms with Gasteiger partial charge in [-0.25, -0.2) is 0 Å². The van der Waals surface area contributed by atoms with Crippen LogP contribution in [-0.4, -0.2) is 26.0 Å². The Morgan fingerprint density at radius 1 is 1.20 bits per heavy atom. The van der Waals surface area contributed by atoms with Gasteiger partial charge < -0.3 is 9.84 Å². The molecule has 7 nitrogen and oxygen atoms in total. The fraction of sp³-hybridized carbons (Fsp3) is 0.235. The normalized spacial score (nSPS) is 12.2. The number of pyridine rings is 2. The van der Waals surface area contributed by atoms with Gasteiger partial charge in [-0.3, -0.25) is 14.8 Å². The average Bonchev–Trinajstić information content (AvgIpc) is 3.09. The van der Waals surface area contributed by atoms with E-state index in [1.165, 1.54) is 6.20 Å². The van der Waals surface area contributed by atoms with Crippen molar-refractivity contribution in [3.8, 4) is 11.4 Å². The van der Waals surface area contributed by atoms with Crippen molar-refractivity contribution in [2.24, 2.45) is 5.92 Å². The van der Waals surface area contributed by atoms with Gasteiger partial charge in [0.2, 0.25) is 11.7 Å². The summed E-state index contributed by atoms with van der Waals surface area (Å²) >= 11 is 3.31. The maximum absolute atomic E-state index is 12.5. The predicted octanol–water partition coefficient (Wildman–Crippen LogP) is 3.42. The quantitative estimate of drug-likeness (QED) is 0.703. The molecule has 0 aliphatic rings. The van der Waals surface area contributed by atoms with Crippen molar-refractivity contribution in [1.82, 2.24) is 25.4 Å². The summed E-state index contributed by atoms with van der Waals surface area (Å²) in [6.45, 7) is 3.95. The highest BCUT2D eigenvalue weighted by molar-refractivity contribution is 9.10. The summed E-state index contributed by atoms with van der Waals surface area (Å²) in [4.78, 5) is 24.9. The lowest BCUT2D eigenvalue weighted by Gasteiger charge is -2.18. The Morgan fingerprint density at radius 3 is 2.64 bits per heavy atom. The van der Waals surface area contributed by atoms with Crippen molar-refractivity contribution >= 4 is 21.8 Å². The Hall–Kier alpha value is -2.61. The highest BCUT2D eigenvalue weighted by atomic mass is 79.9. The highest BCUT2D eigenvalue weighted by Crippen LogP contribution is 2.24. The molecule has 3 rings (SSSR count). The van der Waals surface area contributed by atoms with Gasteiger partial charge in [0.15, 0.2) is 0 Å². The largest absolute Gasteiger partial charge is 0.340 e. The van der Waals surface area contributed by atoms with Crippen LogP contribution in [0.1, 0.15) is 36.1 Å². The second-order valence-electron chi connectivity index (χ2n) is 5.78. The molecule has 1 amide bonds. The highest BCUT2D eigenvalue weighted by Gasteiger charge is 2.25. The molecular formula is C17H16BrN5O2. The summed E-state index contributed by atoms with van der Waals surface area (Å²) in [6.07, 6.45) is 6.45. The Morgan fingerprint density at radius 2 is 1.96 bits per heavy atom. The summed E-state index contributed by atoms with van der Waals surface area (Å²) in [5.74, 6) is 0.630. The zero-order valence-corrected chi connectivity index (χ0v) is 15.3. The van der Waals surface area contributed by atoms with E-state index in [2.05, 4.69) is 41.4 Å². The number of halogens is 1. The van der Waals surface area contributed by atoms with Crippen molar-refractivity contribution in [1.29, 1.82) is 0 Å². The third kappa shape index (κ3) is 4.08. The van der Waals surface area contributed by atoms with E-state index in [4.69, 9.17) is 4.52 Å². The van der Waals surface area contributed by atoms with Gasteiger partial charge in [0, 0.05) is 34.8 Å². The Bertz CT molecular complexity index is 866. The minimum absolute atomic E-state index is 0.0646. The molecule has 0 aliphatic carbocycles. The van der Waals surface area contributed by atoms with E-state index in [0.717, 1.165) is 10.0 Å². The molecule has 0 saturated heterocycles. The molecule has 0 radical (unpaired) electrons. The third-order valence-corrected chi connectivity index (χ3v) is 4.00. The molecule has 1 unspecified atom stereocenters. The minimum Gasteiger partial charge on any atom is -0.340 e. The van der Waals surface area contributed by atoms with E-state index in [1.807, 2.05) is 13.8 Å². The summed E-state index contributed by atoms with van der Waals surface area (Å²) in [5, 5.41) is 6.93. The summed E-state index contributed by atoms with van der Waals surface area (Å²) in [6, 6.07) is 4.89. The molecule has 0 spiro atoms. The van der Waals surface area contributed by atoms with Gasteiger partial charge in [-0.05, 0) is 40.0 Å². The minimum atomic E-state index is -0.408. The maximum atomic E-state index is 12.5. The molecule has 0 fully saturated rings. The second-order valence-corrected chi connectivity index (χ2v) is 6.69. The SMILES string of the molecule is CC(C)C(NC(=O)c1cncc(Br)c1)c1nc(-c2ccncc2)no1. The Kier molecular flexibility index (Phi) is 5.18. The number of carbonyl (C=O) groups excluding carboxylic acids is 1. The Balaban J connectivity index is 1.82. The van der Waals surface area contributed by atoms with E-state index in [-0.39, 0.29) is 11.8 Å². The number of aromatic nitrogens is 4. The molecule has 8 heteroatoms. The number of hydrogen-bond donors (Lipinski definition) is 1. The zero-order chi connectivity index (χ0) is 17.8. The van der Waals surface area contributed by atoms with Crippen molar-refractivity contribution in [2.75, 3.05) is 0 Å². The van der Waals surface area contributed by atoms with Crippen LogP contribution in [0.3, 0.4) is 0 Å². The first-order valence-electron chi connectivity index (χ1n) is 7.70. The standard InChI is InChI=1S/C17H16BrN5O2/c1-10(2)14(21-16(24)12-7-13(18)9-20-8-12)17-22-15(23-25-17)11-3-5-19-6-4-11/h3-10,14H,1-2H3,(H,21,24). The van der Waals surface area contributed by atoms with Gasteiger partial charge in [0.25, 0.3) is 5.91 Å². The molecular weight excluding hydrogens is 386 g/mol. The molecule has 3 heterocycles. The first kappa shape index (κ1) is 17.2. The van der Waals surface area contributed by atoms with Crippen LogP contribution in [0.25, 0.3) is 11.4 Å². The monoisotopic (exact) mass is 401 g/mol. The first-order valence-corrected chi connectivity index (χ1v) is 8.49. The van der Waals surface area contributed by atoms with Crippen LogP contribution in [0, 0.1) is 5.92 Å². The topological polar surface area (TPSA) is 93.8 Å². The molecule has 1 atom stereocenters. The number of nitrogens with zero attached hydrogens (tertiary/aromatic N) is 4. The van der Waals surface area contributed by atoms with Gasteiger partial charge in [0.1, 0.15) is 6.04 Å². The van der Waals surface area contributed by atoms with Crippen LogP contribution in [0.5, 0.6) is 0 Å². The number of nitrogens with one attached hydrogen (secondary N) is 1. The van der Waals surface area contributed by atoms with E-state index in [9.17, 15) is 4.79 Å². The molecule has 128 valence electrons. The molecule has 0 aliphatic heterocycles. The van der Waals surface area contributed by atoms with E-state index < -0.39 is 6.04 Å². The molecule has 0 saturated carbocycles. The van der Waals surface area contributed by atoms with E-state index >= 15 is 0 Å². The van der Waals surface area contributed by atoms with Crippen molar-refractivity contribution < 1.29 is 9.32 Å². The predicted molar refractivity (Wildman–Crippen MR) is 94.5 cm³/mol. The van der Waals surface area contributed by atoms with Crippen LogP contribution < -0.4 is 5.32 Å². The third-order valence-electron chi connectivity index (χ3n) is 3.57. The maximum Gasteiger partial charge on any atom is 0.253 e. The molecule has 3 aromatic rings. The van der Waals surface area contributed by atoms with Gasteiger partial charge in [0.05, 0.1) is 5.56 Å². The van der Waals surface area contributed by atoms with Gasteiger partial charge >= 0.3 is 0 Å². The van der Waals surface area contributed by atoms with E-state index in [1.54, 1.807) is 36.8 Å². The Labute approximate surface area is 153 Å². The van der Waals surface area contributed by atoms with Crippen LogP contribution in [0.2, 0.25) is 0 Å². The lowest BCUT2D eigenvalue weighted by Crippen LogP contribution is -2.32. The molecule has 1 N–H and O–H groups in total. The number of hydrogen-bond acceptors (Lipinski definition) is 6. The molecule has 25 heavy (non-hydrogen) atoms. The summed E-state index contributed by atoms with van der Waals surface area (Å²) in [7, 11) is 0. The van der Waals surface area contributed by atoms with Crippen LogP contribution in [0.15, 0.2) is 52.0 Å². The number of rotatable bonds is 5. The fourth-order valence-corrected chi connectivity index (χ4v) is 2.62. The van der Waals surface area contributed by atoms with Crippen molar-refractivity contribution in [2.45, 2.75) is 19.9 Å². The summed E-state index contributed by atoms with van der Waals surface area (Å²) < 4.78 is 6.12. The first-order chi connectivity index (χ1) is 12.0. The lowest BCUT2D eigenvalue weighted by molar-refractivity contribution is 0.0913. The molecule has 3 aromatic heterocycles. The smallest absolute Gasteiger partial charge is 0.253 e. The van der Waals surface area contributed by atoms with Gasteiger partial charge in [-0.1, -0.05) is 19.0 Å². The van der Waals surface area contributed by atoms with Crippen molar-refractivity contribution in [3.63, 3.8) is 0 Å². The fourth-order valence-electron chi connectivity index (χ4n) is 2.25. The van der Waals surface area contributed by atoms with Gasteiger partial charge in [-0.2, -0.15) is 4.98 Å². The van der Waals surface area contributed by atoms with Crippen LogP contribution in [0.4, 0.5) is 0 Å². The van der Waals surface area contributed by atoms with Crippen LogP contribution >= 0.6 is 15.9 Å². The van der Waals surface area contributed by atoms with Gasteiger partial charge in [-0.15, -0.1) is 0 Å². The number of carbonyl (C=O) groups is 1. The zero-order valence-electron chi connectivity index (χ0n) is 13.7. The lowest BCUT2D eigenvalue weighted by atomic mass is 10.0. The molecule has 0 aromatic carbocycles. The average molecular weight is 402 g/mol. The number of amides is 1. The summed E-state index contributed by atoms with van der Waals surface area (Å²) in [5.41, 5.74) is 1.25. The molecule has 0 bridgehead atoms. The van der Waals surface area contributed by atoms with Crippen molar-refractivity contribution in [3.05, 3.63) is 58.9 Å². The second kappa shape index (κ2) is 7.52. The van der Waals surface area contributed by atoms with Crippen LogP contribution in [-0.2, 0) is 0 Å².